The quantitative estimate of drug-likeness (QED) is 0.656. The first kappa shape index (κ1) is 18.9. The van der Waals surface area contributed by atoms with Crippen LogP contribution in [0.1, 0.15) is 79.1 Å². The second-order valence-corrected chi connectivity index (χ2v) is 9.05. The van der Waals surface area contributed by atoms with Crippen molar-refractivity contribution in [1.82, 2.24) is 0 Å². The highest BCUT2D eigenvalue weighted by Crippen LogP contribution is 2.43. The van der Waals surface area contributed by atoms with Crippen LogP contribution in [0.15, 0.2) is 11.1 Å². The minimum atomic E-state index is -0.900. The van der Waals surface area contributed by atoms with Gasteiger partial charge >= 0.3 is 5.97 Å². The molecule has 0 unspecified atom stereocenters. The molecule has 0 spiro atoms. The number of carbonyl (C=O) groups excluding carboxylic acids is 1. The van der Waals surface area contributed by atoms with Gasteiger partial charge in [-0.15, -0.1) is 0 Å². The third-order valence-corrected chi connectivity index (χ3v) is 6.43. The smallest absolute Gasteiger partial charge is 0.334 e. The molecule has 3 rings (SSSR count). The summed E-state index contributed by atoms with van der Waals surface area (Å²) < 4.78 is 11.9. The Morgan fingerprint density at radius 1 is 1.08 bits per heavy atom. The van der Waals surface area contributed by atoms with Crippen LogP contribution in [0.25, 0.3) is 0 Å². The van der Waals surface area contributed by atoms with Crippen LogP contribution in [-0.2, 0) is 14.3 Å². The van der Waals surface area contributed by atoms with E-state index in [1.807, 2.05) is 20.8 Å². The van der Waals surface area contributed by atoms with E-state index < -0.39 is 16.8 Å². The third-order valence-electron chi connectivity index (χ3n) is 6.43. The Labute approximate surface area is 150 Å². The van der Waals surface area contributed by atoms with Crippen LogP contribution in [0.5, 0.6) is 0 Å². The molecule has 2 fully saturated rings. The highest BCUT2D eigenvalue weighted by molar-refractivity contribution is 5.91. The van der Waals surface area contributed by atoms with Gasteiger partial charge in [-0.3, -0.25) is 0 Å². The van der Waals surface area contributed by atoms with Crippen LogP contribution in [-0.4, -0.2) is 45.2 Å². The SMILES string of the molecule is CC1=C2CC[C@@](C)(O)CCC[C@](C)(O)[C@@H]3CC[C@@](C)(C[C@@H]2OC1=O)O3. The van der Waals surface area contributed by atoms with Gasteiger partial charge in [0.15, 0.2) is 0 Å². The summed E-state index contributed by atoms with van der Waals surface area (Å²) in [6.45, 7) is 7.55. The summed E-state index contributed by atoms with van der Waals surface area (Å²) in [5.41, 5.74) is -0.419. The number of rotatable bonds is 0. The van der Waals surface area contributed by atoms with Crippen LogP contribution >= 0.6 is 0 Å². The number of aliphatic hydroxyl groups is 2. The van der Waals surface area contributed by atoms with Gasteiger partial charge in [0.25, 0.3) is 0 Å². The summed E-state index contributed by atoms with van der Waals surface area (Å²) >= 11 is 0. The topological polar surface area (TPSA) is 76.0 Å². The Balaban J connectivity index is 1.88. The highest BCUT2D eigenvalue weighted by atomic mass is 16.6. The molecule has 2 saturated heterocycles. The molecule has 0 saturated carbocycles. The second-order valence-electron chi connectivity index (χ2n) is 9.05. The van der Waals surface area contributed by atoms with Crippen LogP contribution < -0.4 is 0 Å². The molecular formula is C20H32O5. The van der Waals surface area contributed by atoms with Gasteiger partial charge in [0.1, 0.15) is 6.10 Å². The summed E-state index contributed by atoms with van der Waals surface area (Å²) in [5, 5.41) is 21.6. The molecule has 5 atom stereocenters. The largest absolute Gasteiger partial charge is 0.454 e. The molecule has 5 heteroatoms. The molecular weight excluding hydrogens is 320 g/mol. The Kier molecular flexibility index (Phi) is 4.80. The molecule has 2 bridgehead atoms. The zero-order chi connectivity index (χ0) is 18.5. The number of carbonyl (C=O) groups is 1. The van der Waals surface area contributed by atoms with Crippen molar-refractivity contribution in [2.45, 2.75) is 108 Å². The van der Waals surface area contributed by atoms with Crippen molar-refractivity contribution in [2.75, 3.05) is 0 Å². The monoisotopic (exact) mass is 352 g/mol. The Morgan fingerprint density at radius 3 is 2.52 bits per heavy atom. The molecule has 0 amide bonds. The summed E-state index contributed by atoms with van der Waals surface area (Å²) in [6.07, 6.45) is 5.01. The van der Waals surface area contributed by atoms with Gasteiger partial charge in [-0.2, -0.15) is 0 Å². The van der Waals surface area contributed by atoms with Crippen molar-refractivity contribution < 1.29 is 24.5 Å². The molecule has 0 aromatic rings. The van der Waals surface area contributed by atoms with E-state index in [0.29, 0.717) is 37.7 Å². The predicted molar refractivity (Wildman–Crippen MR) is 94.0 cm³/mol. The molecule has 142 valence electrons. The van der Waals surface area contributed by atoms with E-state index in [0.717, 1.165) is 24.8 Å². The number of fused-ring (bicyclic) bond motifs is 3. The maximum atomic E-state index is 12.1. The van der Waals surface area contributed by atoms with E-state index in [2.05, 4.69) is 6.92 Å². The van der Waals surface area contributed by atoms with E-state index in [1.54, 1.807) is 0 Å². The second kappa shape index (κ2) is 6.36. The van der Waals surface area contributed by atoms with Crippen molar-refractivity contribution in [3.8, 4) is 0 Å². The lowest BCUT2D eigenvalue weighted by Gasteiger charge is -2.34. The normalized spacial score (nSPS) is 46.1. The minimum absolute atomic E-state index is 0.214. The third kappa shape index (κ3) is 3.93. The summed E-state index contributed by atoms with van der Waals surface area (Å²) in [7, 11) is 0. The number of hydrogen-bond donors (Lipinski definition) is 2. The number of ether oxygens (including phenoxy) is 2. The zero-order valence-electron chi connectivity index (χ0n) is 15.9. The van der Waals surface area contributed by atoms with Gasteiger partial charge in [-0.25, -0.2) is 4.79 Å². The number of esters is 1. The molecule has 0 aliphatic carbocycles. The fourth-order valence-corrected chi connectivity index (χ4v) is 4.57. The van der Waals surface area contributed by atoms with Crippen molar-refractivity contribution in [3.63, 3.8) is 0 Å². The van der Waals surface area contributed by atoms with Gasteiger partial charge in [0, 0.05) is 12.0 Å². The Bertz CT molecular complexity index is 577. The van der Waals surface area contributed by atoms with Gasteiger partial charge < -0.3 is 19.7 Å². The standard InChI is InChI=1S/C20H32O5/c1-13-14-6-10-18(2,22)8-5-9-20(4,23)16-7-11-19(3,25-16)12-15(14)24-17(13)21/h15-16,22-23H,5-12H2,1-4H3/t15-,16-,18-,19-,20-/m0/s1. The van der Waals surface area contributed by atoms with Crippen LogP contribution in [0.3, 0.4) is 0 Å². The number of hydrogen-bond acceptors (Lipinski definition) is 5. The molecule has 0 aromatic heterocycles. The van der Waals surface area contributed by atoms with E-state index in [4.69, 9.17) is 9.47 Å². The van der Waals surface area contributed by atoms with Gasteiger partial charge in [-0.05, 0) is 78.2 Å². The molecule has 0 aromatic carbocycles. The first-order valence-electron chi connectivity index (χ1n) is 9.55. The highest BCUT2D eigenvalue weighted by Gasteiger charge is 2.47. The van der Waals surface area contributed by atoms with Crippen molar-refractivity contribution >= 4 is 5.97 Å². The van der Waals surface area contributed by atoms with E-state index >= 15 is 0 Å². The minimum Gasteiger partial charge on any atom is -0.454 e. The van der Waals surface area contributed by atoms with E-state index in [-0.39, 0.29) is 18.2 Å². The fourth-order valence-electron chi connectivity index (χ4n) is 4.57. The average molecular weight is 352 g/mol. The Hall–Kier alpha value is -0.910. The lowest BCUT2D eigenvalue weighted by atomic mass is 9.83. The van der Waals surface area contributed by atoms with Crippen LogP contribution in [0.2, 0.25) is 0 Å². The lowest BCUT2D eigenvalue weighted by molar-refractivity contribution is -0.149. The van der Waals surface area contributed by atoms with Crippen molar-refractivity contribution in [1.29, 1.82) is 0 Å². The molecule has 25 heavy (non-hydrogen) atoms. The summed E-state index contributed by atoms with van der Waals surface area (Å²) in [4.78, 5) is 12.1. The van der Waals surface area contributed by atoms with Crippen molar-refractivity contribution in [2.24, 2.45) is 0 Å². The molecule has 5 nitrogen and oxygen atoms in total. The van der Waals surface area contributed by atoms with Crippen LogP contribution in [0.4, 0.5) is 0 Å². The maximum absolute atomic E-state index is 12.1. The first-order chi connectivity index (χ1) is 11.5. The maximum Gasteiger partial charge on any atom is 0.334 e. The fraction of sp³-hybridized carbons (Fsp3) is 0.850. The lowest BCUT2D eigenvalue weighted by Crippen LogP contribution is -2.42. The first-order valence-corrected chi connectivity index (χ1v) is 9.55. The van der Waals surface area contributed by atoms with E-state index in [1.165, 1.54) is 0 Å². The molecule has 2 N–H and O–H groups in total. The molecule has 3 aliphatic rings. The summed E-state index contributed by atoms with van der Waals surface area (Å²) in [6, 6.07) is 0. The van der Waals surface area contributed by atoms with Gasteiger partial charge in [0.2, 0.25) is 0 Å². The Morgan fingerprint density at radius 2 is 1.80 bits per heavy atom. The van der Waals surface area contributed by atoms with E-state index in [9.17, 15) is 15.0 Å². The average Bonchev–Trinajstić information content (AvgIpc) is 2.99. The van der Waals surface area contributed by atoms with Gasteiger partial charge in [0.05, 0.1) is 22.9 Å². The zero-order valence-corrected chi connectivity index (χ0v) is 15.9. The van der Waals surface area contributed by atoms with Crippen molar-refractivity contribution in [3.05, 3.63) is 11.1 Å². The molecule has 0 radical (unpaired) electrons. The molecule has 3 aliphatic heterocycles. The van der Waals surface area contributed by atoms with Gasteiger partial charge in [-0.1, -0.05) is 0 Å². The van der Waals surface area contributed by atoms with Crippen LogP contribution in [0, 0.1) is 0 Å². The summed E-state index contributed by atoms with van der Waals surface area (Å²) in [5.74, 6) is -0.253. The molecule has 3 heterocycles. The predicted octanol–water partition coefficient (Wildman–Crippen LogP) is 3.02.